The minimum atomic E-state index is -0.466. The predicted molar refractivity (Wildman–Crippen MR) is 99.6 cm³/mol. The highest BCUT2D eigenvalue weighted by Crippen LogP contribution is 2.36. The van der Waals surface area contributed by atoms with Crippen LogP contribution in [0.5, 0.6) is 0 Å². The average molecular weight is 361 g/mol. The van der Waals surface area contributed by atoms with Crippen molar-refractivity contribution < 1.29 is 14.7 Å². The third kappa shape index (κ3) is 2.30. The number of hydrogen-bond acceptors (Lipinski definition) is 3. The van der Waals surface area contributed by atoms with E-state index in [4.69, 9.17) is 0 Å². The van der Waals surface area contributed by atoms with Crippen LogP contribution in [0.3, 0.4) is 0 Å². The smallest absolute Gasteiger partial charge is 0.328 e. The van der Waals surface area contributed by atoms with Crippen LogP contribution in [0.15, 0.2) is 54.6 Å². The van der Waals surface area contributed by atoms with Crippen LogP contribution in [0.25, 0.3) is 10.9 Å². The van der Waals surface area contributed by atoms with Crippen molar-refractivity contribution in [2.75, 3.05) is 0 Å². The van der Waals surface area contributed by atoms with Crippen molar-refractivity contribution in [1.29, 1.82) is 0 Å². The molecule has 1 atom stereocenters. The number of benzene rings is 2. The lowest BCUT2D eigenvalue weighted by Gasteiger charge is -2.28. The summed E-state index contributed by atoms with van der Waals surface area (Å²) in [6.07, 6.45) is 0.485. The average Bonchev–Trinajstić information content (AvgIpc) is 3.14. The van der Waals surface area contributed by atoms with E-state index in [-0.39, 0.29) is 25.2 Å². The minimum absolute atomic E-state index is 0.143. The third-order valence-electron chi connectivity index (χ3n) is 5.64. The molecule has 27 heavy (non-hydrogen) atoms. The molecule has 6 nitrogen and oxygen atoms in total. The molecule has 3 heterocycles. The van der Waals surface area contributed by atoms with Crippen LogP contribution in [0, 0.1) is 0 Å². The quantitative estimate of drug-likeness (QED) is 0.729. The van der Waals surface area contributed by atoms with Gasteiger partial charge in [0.1, 0.15) is 12.8 Å². The van der Waals surface area contributed by atoms with Gasteiger partial charge in [0.25, 0.3) is 5.91 Å². The van der Waals surface area contributed by atoms with Gasteiger partial charge >= 0.3 is 6.03 Å². The zero-order valence-corrected chi connectivity index (χ0v) is 14.7. The maximum Gasteiger partial charge on any atom is 0.328 e. The highest BCUT2D eigenvalue weighted by molar-refractivity contribution is 6.05. The first kappa shape index (κ1) is 16.1. The van der Waals surface area contributed by atoms with Gasteiger partial charge in [0.2, 0.25) is 0 Å². The van der Waals surface area contributed by atoms with E-state index < -0.39 is 6.04 Å². The summed E-state index contributed by atoms with van der Waals surface area (Å²) in [4.78, 5) is 28.9. The molecule has 1 aromatic heterocycles. The lowest BCUT2D eigenvalue weighted by atomic mass is 9.97. The normalized spacial score (nSPS) is 18.9. The van der Waals surface area contributed by atoms with Crippen molar-refractivity contribution in [3.05, 3.63) is 71.4 Å². The van der Waals surface area contributed by atoms with E-state index in [2.05, 4.69) is 0 Å². The van der Waals surface area contributed by atoms with Gasteiger partial charge in [-0.1, -0.05) is 48.5 Å². The molecule has 0 bridgehead atoms. The molecule has 3 amide bonds. The van der Waals surface area contributed by atoms with E-state index >= 15 is 0 Å². The molecule has 2 aliphatic rings. The summed E-state index contributed by atoms with van der Waals surface area (Å²) in [5.41, 5.74) is 3.84. The number of para-hydroxylation sites is 1. The van der Waals surface area contributed by atoms with Gasteiger partial charge in [-0.3, -0.25) is 9.69 Å². The Bertz CT molecular complexity index is 1060. The molecule has 3 aromatic rings. The Kier molecular flexibility index (Phi) is 3.55. The highest BCUT2D eigenvalue weighted by Gasteiger charge is 2.48. The van der Waals surface area contributed by atoms with Crippen LogP contribution in [0.4, 0.5) is 4.79 Å². The number of fused-ring (bicyclic) bond motifs is 4. The standard InChI is InChI=1S/C21H19N3O3/c25-13-24-17-9-5-4-8-15(17)16-10-18-20(26)23(11-14-6-2-1-3-7-14)21(27)22(18)12-19(16)24/h1-9,18,25H,10-13H2. The molecule has 6 heteroatoms. The molecule has 1 N–H and O–H groups in total. The van der Waals surface area contributed by atoms with Crippen LogP contribution >= 0.6 is 0 Å². The van der Waals surface area contributed by atoms with Crippen molar-refractivity contribution in [1.82, 2.24) is 14.4 Å². The number of rotatable bonds is 3. The second kappa shape index (κ2) is 5.96. The summed E-state index contributed by atoms with van der Waals surface area (Å²) in [6, 6.07) is 16.7. The molecule has 2 aliphatic heterocycles. The van der Waals surface area contributed by atoms with Gasteiger partial charge in [-0.25, -0.2) is 4.79 Å². The molecule has 0 saturated carbocycles. The van der Waals surface area contributed by atoms with Crippen LogP contribution < -0.4 is 0 Å². The summed E-state index contributed by atoms with van der Waals surface area (Å²) >= 11 is 0. The Morgan fingerprint density at radius 1 is 1.00 bits per heavy atom. The fourth-order valence-electron chi connectivity index (χ4n) is 4.34. The summed E-state index contributed by atoms with van der Waals surface area (Å²) in [6.45, 7) is 0.478. The number of aliphatic hydroxyl groups is 1. The highest BCUT2D eigenvalue weighted by atomic mass is 16.3. The molecular weight excluding hydrogens is 342 g/mol. The molecular formula is C21H19N3O3. The monoisotopic (exact) mass is 361 g/mol. The first-order valence-corrected chi connectivity index (χ1v) is 9.05. The molecule has 1 fully saturated rings. The molecule has 0 spiro atoms. The Hall–Kier alpha value is -3.12. The summed E-state index contributed by atoms with van der Waals surface area (Å²) < 4.78 is 1.83. The second-order valence-corrected chi connectivity index (χ2v) is 7.05. The number of urea groups is 1. The number of carbonyl (C=O) groups is 2. The zero-order valence-electron chi connectivity index (χ0n) is 14.7. The zero-order chi connectivity index (χ0) is 18.5. The predicted octanol–water partition coefficient (Wildman–Crippen LogP) is 2.48. The Morgan fingerprint density at radius 3 is 2.52 bits per heavy atom. The second-order valence-electron chi connectivity index (χ2n) is 7.05. The van der Waals surface area contributed by atoms with E-state index in [1.807, 2.05) is 59.2 Å². The lowest BCUT2D eigenvalue weighted by molar-refractivity contribution is -0.128. The van der Waals surface area contributed by atoms with E-state index in [0.717, 1.165) is 27.7 Å². The van der Waals surface area contributed by atoms with Gasteiger partial charge in [0.05, 0.1) is 18.6 Å². The van der Waals surface area contributed by atoms with Gasteiger partial charge in [0, 0.05) is 17.5 Å². The molecule has 2 aromatic carbocycles. The Morgan fingerprint density at radius 2 is 1.74 bits per heavy atom. The summed E-state index contributed by atoms with van der Waals surface area (Å²) in [5.74, 6) is -0.143. The number of nitrogens with zero attached hydrogens (tertiary/aromatic N) is 3. The number of aliphatic hydroxyl groups excluding tert-OH is 1. The van der Waals surface area contributed by atoms with E-state index in [1.165, 1.54) is 4.90 Å². The van der Waals surface area contributed by atoms with Gasteiger partial charge < -0.3 is 14.6 Å². The van der Waals surface area contributed by atoms with Crippen LogP contribution in [0.2, 0.25) is 0 Å². The summed E-state index contributed by atoms with van der Waals surface area (Å²) in [7, 11) is 0. The Labute approximate surface area is 156 Å². The molecule has 1 unspecified atom stereocenters. The first-order valence-electron chi connectivity index (χ1n) is 9.05. The topological polar surface area (TPSA) is 65.8 Å². The van der Waals surface area contributed by atoms with Crippen molar-refractivity contribution >= 4 is 22.8 Å². The summed E-state index contributed by atoms with van der Waals surface area (Å²) in [5, 5.41) is 10.9. The van der Waals surface area contributed by atoms with E-state index in [1.54, 1.807) is 4.90 Å². The van der Waals surface area contributed by atoms with Gasteiger partial charge in [-0.05, 0) is 17.2 Å². The number of hydrogen-bond donors (Lipinski definition) is 1. The molecule has 0 radical (unpaired) electrons. The number of amides is 3. The minimum Gasteiger partial charge on any atom is -0.376 e. The maximum absolute atomic E-state index is 13.0. The molecule has 5 rings (SSSR count). The van der Waals surface area contributed by atoms with E-state index in [0.29, 0.717) is 13.0 Å². The van der Waals surface area contributed by atoms with Crippen molar-refractivity contribution in [3.8, 4) is 0 Å². The number of carbonyl (C=O) groups excluding carboxylic acids is 2. The van der Waals surface area contributed by atoms with Crippen LogP contribution in [0.1, 0.15) is 16.8 Å². The van der Waals surface area contributed by atoms with Crippen molar-refractivity contribution in [3.63, 3.8) is 0 Å². The molecule has 1 saturated heterocycles. The fourth-order valence-corrected chi connectivity index (χ4v) is 4.34. The first-order chi connectivity index (χ1) is 13.2. The lowest BCUT2D eigenvalue weighted by Crippen LogP contribution is -2.40. The third-order valence-corrected chi connectivity index (χ3v) is 5.64. The van der Waals surface area contributed by atoms with Gasteiger partial charge in [-0.15, -0.1) is 0 Å². The van der Waals surface area contributed by atoms with Crippen LogP contribution in [-0.2, 0) is 31.0 Å². The molecule has 136 valence electrons. The van der Waals surface area contributed by atoms with Crippen LogP contribution in [-0.4, -0.2) is 37.5 Å². The van der Waals surface area contributed by atoms with E-state index in [9.17, 15) is 14.7 Å². The van der Waals surface area contributed by atoms with Crippen molar-refractivity contribution in [2.24, 2.45) is 0 Å². The SMILES string of the molecule is O=C1C2Cc3c(n(CO)c4ccccc34)CN2C(=O)N1Cc1ccccc1. The van der Waals surface area contributed by atoms with Crippen molar-refractivity contribution in [2.45, 2.75) is 32.3 Å². The molecule has 0 aliphatic carbocycles. The van der Waals surface area contributed by atoms with Gasteiger partial charge in [-0.2, -0.15) is 0 Å². The number of aromatic nitrogens is 1. The number of imide groups is 1. The van der Waals surface area contributed by atoms with Gasteiger partial charge in [0.15, 0.2) is 0 Å². The Balaban J connectivity index is 1.52. The largest absolute Gasteiger partial charge is 0.376 e. The maximum atomic E-state index is 13.0. The fraction of sp³-hybridized carbons (Fsp3) is 0.238.